The molecule has 0 fully saturated rings. The van der Waals surface area contributed by atoms with Gasteiger partial charge in [0.05, 0.1) is 23.3 Å². The second-order valence-electron chi connectivity index (χ2n) is 6.31. The average molecular weight is 339 g/mol. The number of rotatable bonds is 4. The van der Waals surface area contributed by atoms with Gasteiger partial charge in [-0.25, -0.2) is 4.98 Å². The number of furan rings is 1. The van der Waals surface area contributed by atoms with Crippen LogP contribution in [0, 0.1) is 20.8 Å². The number of aromatic nitrogens is 2. The highest BCUT2D eigenvalue weighted by Gasteiger charge is 2.16. The zero-order valence-corrected chi connectivity index (χ0v) is 14.8. The molecule has 0 aliphatic heterocycles. The van der Waals surface area contributed by atoms with Crippen molar-refractivity contribution in [1.82, 2.24) is 14.9 Å². The molecule has 0 spiro atoms. The van der Waals surface area contributed by atoms with Gasteiger partial charge in [-0.3, -0.25) is 14.2 Å². The van der Waals surface area contributed by atoms with Crippen molar-refractivity contribution < 1.29 is 9.21 Å². The van der Waals surface area contributed by atoms with E-state index in [9.17, 15) is 9.59 Å². The summed E-state index contributed by atoms with van der Waals surface area (Å²) in [7, 11) is 0. The number of nitrogens with one attached hydrogen (secondary N) is 1. The zero-order chi connectivity index (χ0) is 18.1. The molecular weight excluding hydrogens is 318 g/mol. The fourth-order valence-corrected chi connectivity index (χ4v) is 3.05. The van der Waals surface area contributed by atoms with E-state index in [4.69, 9.17) is 4.42 Å². The van der Waals surface area contributed by atoms with Gasteiger partial charge in [0.2, 0.25) is 5.91 Å². The lowest BCUT2D eigenvalue weighted by atomic mass is 10.1. The minimum atomic E-state index is -0.248. The van der Waals surface area contributed by atoms with Crippen molar-refractivity contribution >= 4 is 16.8 Å². The van der Waals surface area contributed by atoms with Crippen LogP contribution in [0.15, 0.2) is 39.8 Å². The fraction of sp³-hybridized carbons (Fsp3) is 0.316. The molecule has 0 unspecified atom stereocenters. The summed E-state index contributed by atoms with van der Waals surface area (Å²) in [5.74, 6) is 1.34. The highest BCUT2D eigenvalue weighted by Crippen LogP contribution is 2.21. The number of amides is 1. The van der Waals surface area contributed by atoms with Crippen LogP contribution in [-0.4, -0.2) is 15.5 Å². The van der Waals surface area contributed by atoms with Gasteiger partial charge in [0.25, 0.3) is 5.56 Å². The topological polar surface area (TPSA) is 77.1 Å². The van der Waals surface area contributed by atoms with Gasteiger partial charge in [0.1, 0.15) is 18.1 Å². The number of hydrogen-bond donors (Lipinski definition) is 1. The van der Waals surface area contributed by atoms with Crippen molar-refractivity contribution in [3.05, 3.63) is 63.6 Å². The Labute approximate surface area is 145 Å². The van der Waals surface area contributed by atoms with Crippen LogP contribution in [0.2, 0.25) is 0 Å². The van der Waals surface area contributed by atoms with Crippen molar-refractivity contribution in [3.8, 4) is 0 Å². The van der Waals surface area contributed by atoms with Crippen molar-refractivity contribution in [3.63, 3.8) is 0 Å². The zero-order valence-electron chi connectivity index (χ0n) is 14.8. The number of carbonyl (C=O) groups excluding carboxylic acids is 1. The predicted octanol–water partition coefficient (Wildman–Crippen LogP) is 2.79. The summed E-state index contributed by atoms with van der Waals surface area (Å²) in [5.41, 5.74) is 2.32. The second kappa shape index (κ2) is 6.55. The summed E-state index contributed by atoms with van der Waals surface area (Å²) in [5, 5.41) is 3.42. The average Bonchev–Trinajstić information content (AvgIpc) is 2.89. The maximum atomic E-state index is 12.6. The standard InChI is InChI=1S/C19H21N3O3/c1-11-6-5-7-15-18(11)20-10-22(19(15)24)9-17(23)21-13(3)16-8-12(2)25-14(16)4/h5-8,10,13H,9H2,1-4H3,(H,21,23)/t13-/m0/s1. The molecule has 1 N–H and O–H groups in total. The first kappa shape index (κ1) is 17.0. The summed E-state index contributed by atoms with van der Waals surface area (Å²) < 4.78 is 6.83. The first-order valence-corrected chi connectivity index (χ1v) is 8.18. The lowest BCUT2D eigenvalue weighted by molar-refractivity contribution is -0.122. The van der Waals surface area contributed by atoms with Gasteiger partial charge in [-0.2, -0.15) is 0 Å². The van der Waals surface area contributed by atoms with Gasteiger partial charge in [-0.1, -0.05) is 12.1 Å². The van der Waals surface area contributed by atoms with Crippen LogP contribution in [-0.2, 0) is 11.3 Å². The summed E-state index contributed by atoms with van der Waals surface area (Å²) in [4.78, 5) is 29.2. The normalized spacial score (nSPS) is 12.3. The molecule has 1 amide bonds. The van der Waals surface area contributed by atoms with Crippen LogP contribution >= 0.6 is 0 Å². The smallest absolute Gasteiger partial charge is 0.261 e. The Kier molecular flexibility index (Phi) is 4.44. The Hall–Kier alpha value is -2.89. The van der Waals surface area contributed by atoms with Crippen LogP contribution in [0.4, 0.5) is 0 Å². The minimum absolute atomic E-state index is 0.0735. The molecule has 2 aromatic heterocycles. The third kappa shape index (κ3) is 3.33. The van der Waals surface area contributed by atoms with E-state index in [1.165, 1.54) is 10.9 Å². The maximum absolute atomic E-state index is 12.6. The number of benzene rings is 1. The quantitative estimate of drug-likeness (QED) is 0.793. The molecule has 3 aromatic rings. The SMILES string of the molecule is Cc1cc([C@H](C)NC(=O)Cn2cnc3c(C)cccc3c2=O)c(C)o1. The lowest BCUT2D eigenvalue weighted by Crippen LogP contribution is -2.34. The van der Waals surface area contributed by atoms with Crippen molar-refractivity contribution in [2.45, 2.75) is 40.3 Å². The molecule has 0 radical (unpaired) electrons. The number of aryl methyl sites for hydroxylation is 3. The molecule has 6 heteroatoms. The molecular formula is C19H21N3O3. The van der Waals surface area contributed by atoms with E-state index >= 15 is 0 Å². The Balaban J connectivity index is 1.79. The van der Waals surface area contributed by atoms with E-state index in [0.29, 0.717) is 10.9 Å². The summed E-state index contributed by atoms with van der Waals surface area (Å²) in [6.45, 7) is 7.46. The Bertz CT molecular complexity index is 1000. The first-order valence-electron chi connectivity index (χ1n) is 8.18. The fourth-order valence-electron chi connectivity index (χ4n) is 3.05. The lowest BCUT2D eigenvalue weighted by Gasteiger charge is -2.14. The molecule has 0 saturated carbocycles. The highest BCUT2D eigenvalue weighted by atomic mass is 16.3. The molecule has 3 rings (SSSR count). The molecule has 25 heavy (non-hydrogen) atoms. The van der Waals surface area contributed by atoms with Crippen LogP contribution in [0.3, 0.4) is 0 Å². The van der Waals surface area contributed by atoms with Crippen LogP contribution < -0.4 is 10.9 Å². The van der Waals surface area contributed by atoms with Crippen molar-refractivity contribution in [1.29, 1.82) is 0 Å². The van der Waals surface area contributed by atoms with E-state index in [-0.39, 0.29) is 24.1 Å². The molecule has 0 aliphatic carbocycles. The predicted molar refractivity (Wildman–Crippen MR) is 95.5 cm³/mol. The number of fused-ring (bicyclic) bond motifs is 1. The summed E-state index contributed by atoms with van der Waals surface area (Å²) >= 11 is 0. The molecule has 130 valence electrons. The number of para-hydroxylation sites is 1. The van der Waals surface area contributed by atoms with Crippen molar-refractivity contribution in [2.24, 2.45) is 0 Å². The van der Waals surface area contributed by atoms with Gasteiger partial charge in [-0.15, -0.1) is 0 Å². The molecule has 1 aromatic carbocycles. The van der Waals surface area contributed by atoms with Crippen LogP contribution in [0.5, 0.6) is 0 Å². The second-order valence-corrected chi connectivity index (χ2v) is 6.31. The van der Waals surface area contributed by atoms with Crippen LogP contribution in [0.25, 0.3) is 10.9 Å². The molecule has 0 bridgehead atoms. The van der Waals surface area contributed by atoms with Crippen LogP contribution in [0.1, 0.15) is 35.6 Å². The Morgan fingerprint density at radius 3 is 2.76 bits per heavy atom. The Morgan fingerprint density at radius 2 is 2.08 bits per heavy atom. The first-order chi connectivity index (χ1) is 11.9. The highest BCUT2D eigenvalue weighted by molar-refractivity contribution is 5.81. The largest absolute Gasteiger partial charge is 0.466 e. The van der Waals surface area contributed by atoms with E-state index < -0.39 is 0 Å². The van der Waals surface area contributed by atoms with E-state index in [1.807, 2.05) is 45.9 Å². The number of hydrogen-bond acceptors (Lipinski definition) is 4. The molecule has 1 atom stereocenters. The van der Waals surface area contributed by atoms with E-state index in [2.05, 4.69) is 10.3 Å². The third-order valence-corrected chi connectivity index (χ3v) is 4.29. The Morgan fingerprint density at radius 1 is 1.32 bits per heavy atom. The van der Waals surface area contributed by atoms with Gasteiger partial charge >= 0.3 is 0 Å². The van der Waals surface area contributed by atoms with Gasteiger partial charge in [0, 0.05) is 5.56 Å². The molecule has 0 saturated heterocycles. The monoisotopic (exact) mass is 339 g/mol. The van der Waals surface area contributed by atoms with Crippen molar-refractivity contribution in [2.75, 3.05) is 0 Å². The molecule has 2 heterocycles. The maximum Gasteiger partial charge on any atom is 0.261 e. The number of nitrogens with zero attached hydrogens (tertiary/aromatic N) is 2. The van der Waals surface area contributed by atoms with E-state index in [0.717, 1.165) is 22.6 Å². The summed E-state index contributed by atoms with van der Waals surface area (Å²) in [6, 6.07) is 7.16. The minimum Gasteiger partial charge on any atom is -0.466 e. The van der Waals surface area contributed by atoms with E-state index in [1.54, 1.807) is 6.07 Å². The van der Waals surface area contributed by atoms with Gasteiger partial charge < -0.3 is 9.73 Å². The molecule has 6 nitrogen and oxygen atoms in total. The van der Waals surface area contributed by atoms with Gasteiger partial charge in [-0.05, 0) is 45.4 Å². The third-order valence-electron chi connectivity index (χ3n) is 4.29. The molecule has 0 aliphatic rings. The summed E-state index contributed by atoms with van der Waals surface area (Å²) in [6.07, 6.45) is 1.43. The number of carbonyl (C=O) groups is 1. The van der Waals surface area contributed by atoms with Gasteiger partial charge in [0.15, 0.2) is 0 Å².